The lowest BCUT2D eigenvalue weighted by Gasteiger charge is -2.17. The van der Waals surface area contributed by atoms with Gasteiger partial charge in [0.2, 0.25) is 11.8 Å². The Balaban J connectivity index is 2.47. The molecule has 0 fully saturated rings. The zero-order valence-corrected chi connectivity index (χ0v) is 13.6. The molecule has 22 heavy (non-hydrogen) atoms. The Morgan fingerprint density at radius 1 is 1.27 bits per heavy atom. The first kappa shape index (κ1) is 18.2. The van der Waals surface area contributed by atoms with Crippen molar-refractivity contribution in [3.8, 4) is 11.5 Å². The SMILES string of the molecule is CSCCC(NC(C)=O)C(=O)NCCc1ccc(O)c(O)c1. The predicted octanol–water partition coefficient (Wildman–Crippen LogP) is 1.01. The van der Waals surface area contributed by atoms with Gasteiger partial charge in [-0.25, -0.2) is 0 Å². The number of phenolic OH excluding ortho intramolecular Hbond substituents is 2. The summed E-state index contributed by atoms with van der Waals surface area (Å²) in [4.78, 5) is 23.2. The van der Waals surface area contributed by atoms with Gasteiger partial charge in [0.1, 0.15) is 6.04 Å². The van der Waals surface area contributed by atoms with Gasteiger partial charge in [0.25, 0.3) is 0 Å². The lowest BCUT2D eigenvalue weighted by Crippen LogP contribution is -2.46. The van der Waals surface area contributed by atoms with Crippen LogP contribution in [0.1, 0.15) is 18.9 Å². The van der Waals surface area contributed by atoms with E-state index in [-0.39, 0.29) is 23.3 Å². The standard InChI is InChI=1S/C15H22N2O4S/c1-10(18)17-12(6-8-22-2)15(21)16-7-5-11-3-4-13(19)14(20)9-11/h3-4,9,12,19-20H,5-8H2,1-2H3,(H,16,21)(H,17,18). The topological polar surface area (TPSA) is 98.7 Å². The van der Waals surface area contributed by atoms with Gasteiger partial charge in [-0.1, -0.05) is 6.07 Å². The van der Waals surface area contributed by atoms with Gasteiger partial charge in [-0.3, -0.25) is 9.59 Å². The molecule has 0 radical (unpaired) electrons. The lowest BCUT2D eigenvalue weighted by atomic mass is 10.1. The zero-order valence-electron chi connectivity index (χ0n) is 12.8. The normalized spacial score (nSPS) is 11.7. The third-order valence-electron chi connectivity index (χ3n) is 3.06. The van der Waals surface area contributed by atoms with E-state index in [4.69, 9.17) is 0 Å². The summed E-state index contributed by atoms with van der Waals surface area (Å²) < 4.78 is 0. The first-order chi connectivity index (χ1) is 10.4. The van der Waals surface area contributed by atoms with Crippen LogP contribution in [0.5, 0.6) is 11.5 Å². The van der Waals surface area contributed by atoms with Gasteiger partial charge in [-0.2, -0.15) is 11.8 Å². The second-order valence-electron chi connectivity index (χ2n) is 4.90. The van der Waals surface area contributed by atoms with E-state index in [9.17, 15) is 19.8 Å². The maximum absolute atomic E-state index is 12.1. The molecule has 0 aliphatic heterocycles. The number of nitrogens with one attached hydrogen (secondary N) is 2. The number of carbonyl (C=O) groups is 2. The molecule has 1 unspecified atom stereocenters. The van der Waals surface area contributed by atoms with Crippen molar-refractivity contribution in [2.24, 2.45) is 0 Å². The summed E-state index contributed by atoms with van der Waals surface area (Å²) in [7, 11) is 0. The fourth-order valence-corrected chi connectivity index (χ4v) is 2.40. The van der Waals surface area contributed by atoms with Gasteiger partial charge in [0.15, 0.2) is 11.5 Å². The van der Waals surface area contributed by atoms with Crippen LogP contribution in [0.15, 0.2) is 18.2 Å². The average molecular weight is 326 g/mol. The van der Waals surface area contributed by atoms with Gasteiger partial charge in [-0.15, -0.1) is 0 Å². The molecule has 1 rings (SSSR count). The molecule has 0 aliphatic carbocycles. The molecule has 122 valence electrons. The van der Waals surface area contributed by atoms with Crippen LogP contribution in [0.25, 0.3) is 0 Å². The highest BCUT2D eigenvalue weighted by Crippen LogP contribution is 2.24. The van der Waals surface area contributed by atoms with Crippen LogP contribution in [-0.4, -0.2) is 46.6 Å². The predicted molar refractivity (Wildman–Crippen MR) is 87.1 cm³/mol. The molecule has 1 aromatic carbocycles. The number of phenols is 2. The van der Waals surface area contributed by atoms with Crippen molar-refractivity contribution in [1.82, 2.24) is 10.6 Å². The van der Waals surface area contributed by atoms with E-state index in [2.05, 4.69) is 10.6 Å². The highest BCUT2D eigenvalue weighted by molar-refractivity contribution is 7.98. The molecule has 0 saturated heterocycles. The summed E-state index contributed by atoms with van der Waals surface area (Å²) in [6.45, 7) is 1.77. The van der Waals surface area contributed by atoms with Gasteiger partial charge < -0.3 is 20.8 Å². The Hall–Kier alpha value is -1.89. The van der Waals surface area contributed by atoms with Crippen molar-refractivity contribution in [1.29, 1.82) is 0 Å². The summed E-state index contributed by atoms with van der Waals surface area (Å²) >= 11 is 1.62. The second-order valence-corrected chi connectivity index (χ2v) is 5.88. The molecule has 0 bridgehead atoms. The molecule has 1 atom stereocenters. The Morgan fingerprint density at radius 2 is 2.00 bits per heavy atom. The summed E-state index contributed by atoms with van der Waals surface area (Å²) in [5.74, 6) is -0.0167. The Morgan fingerprint density at radius 3 is 2.59 bits per heavy atom. The highest BCUT2D eigenvalue weighted by Gasteiger charge is 2.18. The number of thioether (sulfide) groups is 1. The van der Waals surface area contributed by atoms with Crippen LogP contribution in [-0.2, 0) is 16.0 Å². The number of hydrogen-bond donors (Lipinski definition) is 4. The van der Waals surface area contributed by atoms with Crippen LogP contribution in [0, 0.1) is 0 Å². The Labute approximate surface area is 134 Å². The van der Waals surface area contributed by atoms with Gasteiger partial charge in [0, 0.05) is 13.5 Å². The van der Waals surface area contributed by atoms with Crippen LogP contribution < -0.4 is 10.6 Å². The number of aromatic hydroxyl groups is 2. The van der Waals surface area contributed by atoms with Crippen molar-refractivity contribution < 1.29 is 19.8 Å². The van der Waals surface area contributed by atoms with E-state index in [1.165, 1.54) is 19.1 Å². The molecule has 0 spiro atoms. The number of hydrogen-bond acceptors (Lipinski definition) is 5. The first-order valence-corrected chi connectivity index (χ1v) is 8.38. The molecule has 7 heteroatoms. The van der Waals surface area contributed by atoms with Crippen molar-refractivity contribution in [2.45, 2.75) is 25.8 Å². The molecule has 2 amide bonds. The van der Waals surface area contributed by atoms with Crippen molar-refractivity contribution in [3.05, 3.63) is 23.8 Å². The third-order valence-corrected chi connectivity index (χ3v) is 3.70. The average Bonchev–Trinajstić information content (AvgIpc) is 2.46. The summed E-state index contributed by atoms with van der Waals surface area (Å²) in [5.41, 5.74) is 0.802. The quantitative estimate of drug-likeness (QED) is 0.535. The van der Waals surface area contributed by atoms with Crippen molar-refractivity contribution >= 4 is 23.6 Å². The first-order valence-electron chi connectivity index (χ1n) is 6.98. The third kappa shape index (κ3) is 6.26. The van der Waals surface area contributed by atoms with E-state index in [0.29, 0.717) is 19.4 Å². The van der Waals surface area contributed by atoms with Crippen molar-refractivity contribution in [2.75, 3.05) is 18.6 Å². The van der Waals surface area contributed by atoms with E-state index >= 15 is 0 Å². The Bertz CT molecular complexity index is 522. The second kappa shape index (κ2) is 9.19. The minimum absolute atomic E-state index is 0.171. The van der Waals surface area contributed by atoms with E-state index in [1.807, 2.05) is 6.26 Å². The van der Waals surface area contributed by atoms with E-state index < -0.39 is 6.04 Å². The number of carbonyl (C=O) groups excluding carboxylic acids is 2. The lowest BCUT2D eigenvalue weighted by molar-refractivity contribution is -0.128. The zero-order chi connectivity index (χ0) is 16.5. The molecule has 4 N–H and O–H groups in total. The fraction of sp³-hybridized carbons (Fsp3) is 0.467. The van der Waals surface area contributed by atoms with Gasteiger partial charge >= 0.3 is 0 Å². The fourth-order valence-electron chi connectivity index (χ4n) is 1.93. The molecular formula is C15H22N2O4S. The summed E-state index contributed by atoms with van der Waals surface area (Å²) in [6, 6.07) is 4.02. The number of benzene rings is 1. The van der Waals surface area contributed by atoms with Gasteiger partial charge in [0.05, 0.1) is 0 Å². The van der Waals surface area contributed by atoms with Crippen LogP contribution >= 0.6 is 11.8 Å². The Kier molecular flexibility index (Phi) is 7.59. The van der Waals surface area contributed by atoms with Crippen LogP contribution in [0.2, 0.25) is 0 Å². The van der Waals surface area contributed by atoms with Crippen LogP contribution in [0.3, 0.4) is 0 Å². The molecule has 6 nitrogen and oxygen atoms in total. The molecular weight excluding hydrogens is 304 g/mol. The minimum Gasteiger partial charge on any atom is -0.504 e. The van der Waals surface area contributed by atoms with Gasteiger partial charge in [-0.05, 0) is 42.5 Å². The molecule has 0 saturated carbocycles. The largest absolute Gasteiger partial charge is 0.504 e. The number of rotatable bonds is 8. The summed E-state index contributed by atoms with van der Waals surface area (Å²) in [5, 5.41) is 24.1. The minimum atomic E-state index is -0.529. The maximum Gasteiger partial charge on any atom is 0.242 e. The van der Waals surface area contributed by atoms with E-state index in [0.717, 1.165) is 11.3 Å². The highest BCUT2D eigenvalue weighted by atomic mass is 32.2. The molecule has 0 aromatic heterocycles. The molecule has 0 heterocycles. The van der Waals surface area contributed by atoms with Crippen LogP contribution in [0.4, 0.5) is 0 Å². The molecule has 0 aliphatic rings. The van der Waals surface area contributed by atoms with E-state index in [1.54, 1.807) is 17.8 Å². The maximum atomic E-state index is 12.1. The monoisotopic (exact) mass is 326 g/mol. The number of amides is 2. The van der Waals surface area contributed by atoms with Crippen molar-refractivity contribution in [3.63, 3.8) is 0 Å². The summed E-state index contributed by atoms with van der Waals surface area (Å²) in [6.07, 6.45) is 3.04. The smallest absolute Gasteiger partial charge is 0.242 e. The molecule has 1 aromatic rings.